The Morgan fingerprint density at radius 2 is 2.10 bits per heavy atom. The molecular weight excluding hydrogens is 244 g/mol. The largest absolute Gasteiger partial charge is 0.368 e. The fourth-order valence-corrected chi connectivity index (χ4v) is 2.45. The van der Waals surface area contributed by atoms with Gasteiger partial charge in [0.05, 0.1) is 11.0 Å². The molecule has 2 heteroatoms. The fourth-order valence-electron chi connectivity index (χ4n) is 2.45. The predicted octanol–water partition coefficient (Wildman–Crippen LogP) is 2.71. The summed E-state index contributed by atoms with van der Waals surface area (Å²) in [6.07, 6.45) is 17.8. The van der Waals surface area contributed by atoms with Crippen LogP contribution in [0.5, 0.6) is 0 Å². The molecule has 1 aliphatic rings. The number of allylic oxidation sites excluding steroid dienone is 4. The van der Waals surface area contributed by atoms with Crippen LogP contribution >= 0.6 is 0 Å². The van der Waals surface area contributed by atoms with Crippen molar-refractivity contribution in [1.82, 2.24) is 9.88 Å². The summed E-state index contributed by atoms with van der Waals surface area (Å²) in [4.78, 5) is 0. The summed E-state index contributed by atoms with van der Waals surface area (Å²) < 4.78 is 2.19. The second-order valence-corrected chi connectivity index (χ2v) is 4.49. The van der Waals surface area contributed by atoms with Crippen LogP contribution in [0.2, 0.25) is 0 Å². The molecule has 2 rings (SSSR count). The minimum Gasteiger partial charge on any atom is -0.368 e. The lowest BCUT2D eigenvalue weighted by molar-refractivity contribution is 0.532. The molecule has 1 atom stereocenters. The zero-order valence-corrected chi connectivity index (χ0v) is 11.8. The molecule has 20 heavy (non-hydrogen) atoms. The third-order valence-corrected chi connectivity index (χ3v) is 3.28. The summed E-state index contributed by atoms with van der Waals surface area (Å²) in [5.41, 5.74) is 2.15. The van der Waals surface area contributed by atoms with Crippen molar-refractivity contribution in [2.24, 2.45) is 0 Å². The van der Waals surface area contributed by atoms with E-state index in [9.17, 15) is 0 Å². The Labute approximate surface area is 120 Å². The van der Waals surface area contributed by atoms with E-state index in [1.807, 2.05) is 43.5 Å². The average molecular weight is 264 g/mol. The standard InChI is InChI=1S/C18H20N2/c1-5-10-15-14(4)17(11-6-2)20(16(15)7-3)18-12-8-9-13-19-18/h5-13,18-19H,2-4H2,1H3/b10-5-,17-11+. The molecule has 0 aliphatic carbocycles. The first-order chi connectivity index (χ1) is 9.74. The summed E-state index contributed by atoms with van der Waals surface area (Å²) in [6.45, 7) is 14.0. The topological polar surface area (TPSA) is 17.0 Å². The fraction of sp³-hybridized carbons (Fsp3) is 0.111. The maximum Gasteiger partial charge on any atom is 0.123 e. The highest BCUT2D eigenvalue weighted by Crippen LogP contribution is 2.14. The Kier molecular flexibility index (Phi) is 4.26. The number of nitrogens with zero attached hydrogens (tertiary/aromatic N) is 1. The number of dihydropyridines is 1. The van der Waals surface area contributed by atoms with Gasteiger partial charge in [-0.15, -0.1) is 0 Å². The molecule has 1 aliphatic heterocycles. The van der Waals surface area contributed by atoms with Crippen molar-refractivity contribution in [3.05, 3.63) is 71.6 Å². The van der Waals surface area contributed by atoms with Gasteiger partial charge in [0, 0.05) is 10.8 Å². The molecule has 1 unspecified atom stereocenters. The molecule has 0 fully saturated rings. The van der Waals surface area contributed by atoms with Gasteiger partial charge in [-0.25, -0.2) is 0 Å². The van der Waals surface area contributed by atoms with Gasteiger partial charge in [0.15, 0.2) is 0 Å². The third kappa shape index (κ3) is 2.32. The lowest BCUT2D eigenvalue weighted by Crippen LogP contribution is -2.35. The Morgan fingerprint density at radius 1 is 1.30 bits per heavy atom. The van der Waals surface area contributed by atoms with Crippen LogP contribution in [0.15, 0.2) is 49.7 Å². The molecule has 1 aromatic rings. The van der Waals surface area contributed by atoms with Crippen LogP contribution < -0.4 is 15.9 Å². The first-order valence-corrected chi connectivity index (χ1v) is 6.65. The zero-order valence-electron chi connectivity index (χ0n) is 11.8. The van der Waals surface area contributed by atoms with Gasteiger partial charge in [-0.05, 0) is 37.4 Å². The molecule has 0 saturated carbocycles. The van der Waals surface area contributed by atoms with Crippen molar-refractivity contribution in [2.45, 2.75) is 13.1 Å². The Hall–Kier alpha value is -2.48. The van der Waals surface area contributed by atoms with E-state index in [1.54, 1.807) is 6.08 Å². The summed E-state index contributed by atoms with van der Waals surface area (Å²) in [5, 5.41) is 5.36. The van der Waals surface area contributed by atoms with Crippen LogP contribution in [0, 0.1) is 0 Å². The Balaban J connectivity index is 2.80. The van der Waals surface area contributed by atoms with Crippen LogP contribution in [0.4, 0.5) is 0 Å². The van der Waals surface area contributed by atoms with E-state index in [-0.39, 0.29) is 6.17 Å². The minimum absolute atomic E-state index is 0.0544. The van der Waals surface area contributed by atoms with Crippen molar-refractivity contribution in [3.63, 3.8) is 0 Å². The maximum atomic E-state index is 4.21. The molecule has 0 aromatic carbocycles. The number of nitrogens with one attached hydrogen (secondary N) is 1. The molecule has 2 heterocycles. The molecule has 1 N–H and O–H groups in total. The van der Waals surface area contributed by atoms with Crippen molar-refractivity contribution in [3.8, 4) is 0 Å². The lowest BCUT2D eigenvalue weighted by Gasteiger charge is -2.20. The van der Waals surface area contributed by atoms with Crippen LogP contribution in [-0.2, 0) is 0 Å². The zero-order chi connectivity index (χ0) is 14.5. The van der Waals surface area contributed by atoms with Gasteiger partial charge < -0.3 is 9.88 Å². The molecule has 0 radical (unpaired) electrons. The number of hydrogen-bond donors (Lipinski definition) is 1. The van der Waals surface area contributed by atoms with Crippen LogP contribution in [0.1, 0.15) is 24.3 Å². The molecule has 0 bridgehead atoms. The van der Waals surface area contributed by atoms with Crippen LogP contribution in [-0.4, -0.2) is 4.57 Å². The SMILES string of the molecule is C=C/C=c1\c(=C)c(/C=C\C)c(C=C)n1C1C=CC=CN1. The molecule has 0 spiro atoms. The normalized spacial score (nSPS) is 18.4. The Morgan fingerprint density at radius 3 is 2.65 bits per heavy atom. The average Bonchev–Trinajstić information content (AvgIpc) is 2.74. The summed E-state index contributed by atoms with van der Waals surface area (Å²) in [7, 11) is 0. The first kappa shape index (κ1) is 13.9. The van der Waals surface area contributed by atoms with Crippen LogP contribution in [0.25, 0.3) is 24.8 Å². The third-order valence-electron chi connectivity index (χ3n) is 3.28. The predicted molar refractivity (Wildman–Crippen MR) is 89.1 cm³/mol. The van der Waals surface area contributed by atoms with Gasteiger partial charge in [-0.3, -0.25) is 0 Å². The van der Waals surface area contributed by atoms with Gasteiger partial charge in [-0.1, -0.05) is 44.0 Å². The van der Waals surface area contributed by atoms with E-state index in [2.05, 4.69) is 41.8 Å². The number of rotatable bonds is 4. The van der Waals surface area contributed by atoms with Crippen molar-refractivity contribution >= 4 is 24.8 Å². The minimum atomic E-state index is 0.0544. The smallest absolute Gasteiger partial charge is 0.123 e. The van der Waals surface area contributed by atoms with Gasteiger partial charge in [0.1, 0.15) is 6.17 Å². The highest BCUT2D eigenvalue weighted by molar-refractivity contribution is 5.64. The highest BCUT2D eigenvalue weighted by atomic mass is 15.2. The highest BCUT2D eigenvalue weighted by Gasteiger charge is 2.15. The van der Waals surface area contributed by atoms with E-state index in [0.29, 0.717) is 0 Å². The summed E-state index contributed by atoms with van der Waals surface area (Å²) in [5.74, 6) is 0. The van der Waals surface area contributed by atoms with E-state index in [4.69, 9.17) is 0 Å². The van der Waals surface area contributed by atoms with Crippen molar-refractivity contribution < 1.29 is 0 Å². The van der Waals surface area contributed by atoms with Crippen LogP contribution in [0.3, 0.4) is 0 Å². The molecule has 1 aromatic heterocycles. The Bertz CT molecular complexity index is 712. The molecular formula is C18H20N2. The van der Waals surface area contributed by atoms with Gasteiger partial charge in [0.2, 0.25) is 0 Å². The summed E-state index contributed by atoms with van der Waals surface area (Å²) >= 11 is 0. The molecule has 0 amide bonds. The molecule has 102 valence electrons. The van der Waals surface area contributed by atoms with E-state index < -0.39 is 0 Å². The molecule has 0 saturated heterocycles. The van der Waals surface area contributed by atoms with E-state index >= 15 is 0 Å². The molecule has 2 nitrogen and oxygen atoms in total. The quantitative estimate of drug-likeness (QED) is 0.885. The second kappa shape index (κ2) is 6.11. The number of aromatic nitrogens is 1. The van der Waals surface area contributed by atoms with Gasteiger partial charge in [0.25, 0.3) is 0 Å². The summed E-state index contributed by atoms with van der Waals surface area (Å²) in [6, 6.07) is 0. The van der Waals surface area contributed by atoms with Crippen molar-refractivity contribution in [2.75, 3.05) is 0 Å². The first-order valence-electron chi connectivity index (χ1n) is 6.65. The monoisotopic (exact) mass is 264 g/mol. The van der Waals surface area contributed by atoms with Gasteiger partial charge in [-0.2, -0.15) is 0 Å². The second-order valence-electron chi connectivity index (χ2n) is 4.49. The number of hydrogen-bond acceptors (Lipinski definition) is 1. The maximum absolute atomic E-state index is 4.21. The van der Waals surface area contributed by atoms with Gasteiger partial charge >= 0.3 is 0 Å². The van der Waals surface area contributed by atoms with E-state index in [1.165, 1.54) is 0 Å². The van der Waals surface area contributed by atoms with E-state index in [0.717, 1.165) is 21.8 Å². The van der Waals surface area contributed by atoms with Crippen molar-refractivity contribution in [1.29, 1.82) is 0 Å². The lowest BCUT2D eigenvalue weighted by atomic mass is 10.2.